The van der Waals surface area contributed by atoms with Gasteiger partial charge in [-0.1, -0.05) is 0 Å². The molecule has 0 N–H and O–H groups in total. The molecule has 0 bridgehead atoms. The van der Waals surface area contributed by atoms with Crippen molar-refractivity contribution in [3.05, 3.63) is 12.4 Å². The molecule has 3 fully saturated rings. The van der Waals surface area contributed by atoms with Crippen molar-refractivity contribution in [1.29, 1.82) is 0 Å². The molecule has 0 aromatic carbocycles. The van der Waals surface area contributed by atoms with Crippen LogP contribution in [0.4, 0.5) is 5.95 Å². The number of carbonyl (C=O) groups is 1. The lowest BCUT2D eigenvalue weighted by Crippen LogP contribution is -2.44. The van der Waals surface area contributed by atoms with Crippen LogP contribution < -0.4 is 10.4 Å². The van der Waals surface area contributed by atoms with Gasteiger partial charge in [0, 0.05) is 50.0 Å². The maximum absolute atomic E-state index is 11.9. The molecule has 7 nitrogen and oxygen atoms in total. The van der Waals surface area contributed by atoms with Crippen LogP contribution in [0.15, 0.2) is 12.4 Å². The zero-order valence-corrected chi connectivity index (χ0v) is 17.6. The Morgan fingerprint density at radius 2 is 1.79 bits per heavy atom. The van der Waals surface area contributed by atoms with Gasteiger partial charge in [-0.3, -0.25) is 4.79 Å². The highest BCUT2D eigenvalue weighted by Gasteiger charge is 2.52. The molecule has 1 aliphatic carbocycles. The molecule has 1 atom stereocenters. The van der Waals surface area contributed by atoms with Gasteiger partial charge in [0.2, 0.25) is 11.9 Å². The van der Waals surface area contributed by atoms with E-state index in [-0.39, 0.29) is 23.2 Å². The lowest BCUT2D eigenvalue weighted by atomic mass is 9.81. The number of carbonyl (C=O) groups excluding carboxylic acids is 1. The second kappa shape index (κ2) is 6.99. The van der Waals surface area contributed by atoms with E-state index in [0.717, 1.165) is 50.2 Å². The van der Waals surface area contributed by atoms with Crippen molar-refractivity contribution in [2.24, 2.45) is 0 Å². The first kappa shape index (κ1) is 19.6. The van der Waals surface area contributed by atoms with Gasteiger partial charge in [0.05, 0.1) is 11.2 Å². The van der Waals surface area contributed by atoms with E-state index in [9.17, 15) is 4.79 Å². The number of amides is 1. The molecular weight excluding hydrogens is 355 g/mol. The van der Waals surface area contributed by atoms with Gasteiger partial charge in [0.15, 0.2) is 0 Å². The Morgan fingerprint density at radius 1 is 1.18 bits per heavy atom. The number of hydrogen-bond acceptors (Lipinski definition) is 6. The Kier molecular flexibility index (Phi) is 4.90. The van der Waals surface area contributed by atoms with Gasteiger partial charge < -0.3 is 19.1 Å². The van der Waals surface area contributed by atoms with Crippen LogP contribution in [0, 0.1) is 0 Å². The number of anilines is 1. The van der Waals surface area contributed by atoms with Crippen molar-refractivity contribution in [2.45, 2.75) is 83.6 Å². The first-order valence-electron chi connectivity index (χ1n) is 10.4. The summed E-state index contributed by atoms with van der Waals surface area (Å²) >= 11 is 0. The fourth-order valence-electron chi connectivity index (χ4n) is 4.03. The fraction of sp³-hybridized carbons (Fsp3) is 0.750. The zero-order chi connectivity index (χ0) is 20.1. The Labute approximate surface area is 167 Å². The monoisotopic (exact) mass is 386 g/mol. The van der Waals surface area contributed by atoms with Crippen LogP contribution in [0.5, 0.6) is 0 Å². The van der Waals surface area contributed by atoms with Crippen molar-refractivity contribution in [2.75, 3.05) is 18.0 Å². The van der Waals surface area contributed by atoms with E-state index in [0.29, 0.717) is 6.04 Å². The van der Waals surface area contributed by atoms with E-state index in [2.05, 4.69) is 14.9 Å². The zero-order valence-electron chi connectivity index (χ0n) is 17.6. The maximum Gasteiger partial charge on any atom is 0.498 e. The Morgan fingerprint density at radius 3 is 2.32 bits per heavy atom. The standard InChI is InChI=1S/C20H31BN4O3/c1-14(26)24-10-6-7-17(24)13-25(16-8-9-16)18-22-11-15(12-23-18)21-27-19(2,3)20(4,5)28-21/h11-12,16-17H,6-10,13H2,1-5H3. The van der Waals surface area contributed by atoms with Crippen molar-refractivity contribution < 1.29 is 14.1 Å². The molecule has 0 radical (unpaired) electrons. The largest absolute Gasteiger partial charge is 0.498 e. The van der Waals surface area contributed by atoms with Crippen molar-refractivity contribution in [3.8, 4) is 0 Å². The van der Waals surface area contributed by atoms with E-state index >= 15 is 0 Å². The molecule has 3 aliphatic rings. The second-order valence-electron chi connectivity index (χ2n) is 9.30. The number of hydrogen-bond donors (Lipinski definition) is 0. The van der Waals surface area contributed by atoms with Gasteiger partial charge in [-0.2, -0.15) is 0 Å². The van der Waals surface area contributed by atoms with Crippen molar-refractivity contribution in [3.63, 3.8) is 0 Å². The molecule has 4 rings (SSSR count). The minimum Gasteiger partial charge on any atom is -0.399 e. The van der Waals surface area contributed by atoms with Crippen LogP contribution >= 0.6 is 0 Å². The first-order chi connectivity index (χ1) is 13.2. The summed E-state index contributed by atoms with van der Waals surface area (Å²) in [5.74, 6) is 0.897. The summed E-state index contributed by atoms with van der Waals surface area (Å²) in [4.78, 5) is 25.5. The average Bonchev–Trinajstić information content (AvgIpc) is 3.30. The fourth-order valence-corrected chi connectivity index (χ4v) is 4.03. The molecule has 3 heterocycles. The van der Waals surface area contributed by atoms with Gasteiger partial charge in [-0.25, -0.2) is 9.97 Å². The second-order valence-corrected chi connectivity index (χ2v) is 9.30. The van der Waals surface area contributed by atoms with Crippen molar-refractivity contribution >= 4 is 24.4 Å². The normalized spacial score (nSPS) is 26.0. The highest BCUT2D eigenvalue weighted by Crippen LogP contribution is 2.36. The van der Waals surface area contributed by atoms with Gasteiger partial charge in [0.25, 0.3) is 0 Å². The van der Waals surface area contributed by atoms with Crippen LogP contribution in [0.1, 0.15) is 60.3 Å². The molecule has 152 valence electrons. The third kappa shape index (κ3) is 3.64. The molecule has 1 unspecified atom stereocenters. The Balaban J connectivity index is 1.48. The molecule has 1 amide bonds. The Bertz CT molecular complexity index is 719. The summed E-state index contributed by atoms with van der Waals surface area (Å²) in [6.45, 7) is 11.5. The molecule has 2 saturated heterocycles. The number of aromatic nitrogens is 2. The highest BCUT2D eigenvalue weighted by molar-refractivity contribution is 6.61. The summed E-state index contributed by atoms with van der Waals surface area (Å²) in [6, 6.07) is 0.738. The van der Waals surface area contributed by atoms with Gasteiger partial charge in [-0.05, 0) is 53.4 Å². The molecule has 28 heavy (non-hydrogen) atoms. The van der Waals surface area contributed by atoms with Crippen LogP contribution in [0.2, 0.25) is 0 Å². The van der Waals surface area contributed by atoms with E-state index in [4.69, 9.17) is 9.31 Å². The molecule has 1 aromatic heterocycles. The van der Waals surface area contributed by atoms with Crippen LogP contribution in [0.25, 0.3) is 0 Å². The van der Waals surface area contributed by atoms with Crippen LogP contribution in [-0.2, 0) is 14.1 Å². The van der Waals surface area contributed by atoms with Gasteiger partial charge in [0.1, 0.15) is 0 Å². The quantitative estimate of drug-likeness (QED) is 0.719. The maximum atomic E-state index is 11.9. The predicted octanol–water partition coefficient (Wildman–Crippen LogP) is 1.76. The molecular formula is C20H31BN4O3. The highest BCUT2D eigenvalue weighted by atomic mass is 16.7. The van der Waals surface area contributed by atoms with Crippen LogP contribution in [0.3, 0.4) is 0 Å². The molecule has 1 aromatic rings. The van der Waals surface area contributed by atoms with E-state index in [1.54, 1.807) is 6.92 Å². The molecule has 1 saturated carbocycles. The van der Waals surface area contributed by atoms with E-state index in [1.807, 2.05) is 45.0 Å². The van der Waals surface area contributed by atoms with E-state index < -0.39 is 7.12 Å². The summed E-state index contributed by atoms with van der Waals surface area (Å²) in [7, 11) is -0.448. The Hall–Kier alpha value is -1.67. The third-order valence-corrected chi connectivity index (χ3v) is 6.62. The van der Waals surface area contributed by atoms with Crippen LogP contribution in [-0.4, -0.2) is 64.3 Å². The smallest absolute Gasteiger partial charge is 0.399 e. The van der Waals surface area contributed by atoms with E-state index in [1.165, 1.54) is 0 Å². The third-order valence-electron chi connectivity index (χ3n) is 6.62. The SMILES string of the molecule is CC(=O)N1CCCC1CN(c1ncc(B2OC(C)(C)C(C)(C)O2)cn1)C1CC1. The van der Waals surface area contributed by atoms with Crippen molar-refractivity contribution in [1.82, 2.24) is 14.9 Å². The molecule has 2 aliphatic heterocycles. The number of likely N-dealkylation sites (tertiary alicyclic amines) is 1. The predicted molar refractivity (Wildman–Crippen MR) is 109 cm³/mol. The van der Waals surface area contributed by atoms with Gasteiger partial charge in [-0.15, -0.1) is 0 Å². The number of nitrogens with zero attached hydrogens (tertiary/aromatic N) is 4. The molecule has 0 spiro atoms. The van der Waals surface area contributed by atoms with Gasteiger partial charge >= 0.3 is 7.12 Å². The summed E-state index contributed by atoms with van der Waals surface area (Å²) in [5, 5.41) is 0. The molecule has 8 heteroatoms. The number of rotatable bonds is 5. The minimum absolute atomic E-state index is 0.162. The summed E-state index contributed by atoms with van der Waals surface area (Å²) in [6.07, 6.45) is 8.08. The lowest BCUT2D eigenvalue weighted by molar-refractivity contribution is -0.129. The minimum atomic E-state index is -0.448. The summed E-state index contributed by atoms with van der Waals surface area (Å²) in [5.41, 5.74) is 0.0775. The lowest BCUT2D eigenvalue weighted by Gasteiger charge is -2.32. The topological polar surface area (TPSA) is 67.8 Å². The average molecular weight is 386 g/mol. The summed E-state index contributed by atoms with van der Waals surface area (Å²) < 4.78 is 12.2. The first-order valence-corrected chi connectivity index (χ1v) is 10.4.